The number of aromatic nitrogens is 2. The molecule has 0 unspecified atom stereocenters. The first-order valence-electron chi connectivity index (χ1n) is 5.88. The highest BCUT2D eigenvalue weighted by atomic mass is 79.9. The third kappa shape index (κ3) is 3.14. The van der Waals surface area contributed by atoms with E-state index in [0.717, 1.165) is 15.7 Å². The van der Waals surface area contributed by atoms with Crippen LogP contribution in [-0.2, 0) is 0 Å². The summed E-state index contributed by atoms with van der Waals surface area (Å²) in [5.41, 5.74) is 8.42. The molecule has 6 heteroatoms. The molecule has 0 saturated heterocycles. The molecule has 100 valence electrons. The van der Waals surface area contributed by atoms with Gasteiger partial charge in [0.1, 0.15) is 12.0 Å². The highest BCUT2D eigenvalue weighted by Gasteiger charge is 2.09. The maximum absolute atomic E-state index is 5.96. The maximum Gasteiger partial charge on any atom is 0.242 e. The third-order valence-corrected chi connectivity index (χ3v) is 3.42. The number of nitrogens with one attached hydrogen (secondary N) is 1. The van der Waals surface area contributed by atoms with Gasteiger partial charge in [-0.1, -0.05) is 22.0 Å². The normalized spacial score (nSPS) is 10.3. The lowest BCUT2D eigenvalue weighted by molar-refractivity contribution is 0.328. The van der Waals surface area contributed by atoms with E-state index >= 15 is 0 Å². The summed E-state index contributed by atoms with van der Waals surface area (Å²) in [5.74, 6) is 0.931. The Morgan fingerprint density at radius 1 is 1.37 bits per heavy atom. The van der Waals surface area contributed by atoms with E-state index in [0.29, 0.717) is 24.0 Å². The van der Waals surface area contributed by atoms with Gasteiger partial charge in [-0.15, -0.1) is 0 Å². The van der Waals surface area contributed by atoms with Crippen molar-refractivity contribution in [1.29, 1.82) is 0 Å². The first kappa shape index (κ1) is 13.6. The standard InChI is InChI=1S/C13H15BrN4O/c1-3-19-13-11(15)12(16-7-17-13)18-9-5-4-8(2)10(14)6-9/h4-7H,3,15H2,1-2H3,(H,16,17,18). The number of anilines is 3. The minimum absolute atomic E-state index is 0.395. The number of ether oxygens (including phenoxy) is 1. The molecule has 2 rings (SSSR count). The number of hydrogen-bond acceptors (Lipinski definition) is 5. The monoisotopic (exact) mass is 322 g/mol. The largest absolute Gasteiger partial charge is 0.476 e. The van der Waals surface area contributed by atoms with E-state index in [9.17, 15) is 0 Å². The van der Waals surface area contributed by atoms with Gasteiger partial charge in [0.15, 0.2) is 5.82 Å². The van der Waals surface area contributed by atoms with Gasteiger partial charge in [-0.3, -0.25) is 0 Å². The van der Waals surface area contributed by atoms with Crippen LogP contribution in [0.3, 0.4) is 0 Å². The van der Waals surface area contributed by atoms with Crippen LogP contribution in [0.4, 0.5) is 17.2 Å². The maximum atomic E-state index is 5.96. The van der Waals surface area contributed by atoms with Gasteiger partial charge >= 0.3 is 0 Å². The fraction of sp³-hybridized carbons (Fsp3) is 0.231. The van der Waals surface area contributed by atoms with Crippen LogP contribution in [0.1, 0.15) is 12.5 Å². The molecular formula is C13H15BrN4O. The van der Waals surface area contributed by atoms with E-state index < -0.39 is 0 Å². The molecule has 0 spiro atoms. The van der Waals surface area contributed by atoms with Crippen molar-refractivity contribution in [3.05, 3.63) is 34.6 Å². The van der Waals surface area contributed by atoms with Crippen molar-refractivity contribution in [3.8, 4) is 5.88 Å². The molecule has 2 aromatic rings. The van der Waals surface area contributed by atoms with Crippen molar-refractivity contribution in [2.75, 3.05) is 17.7 Å². The van der Waals surface area contributed by atoms with Gasteiger partial charge in [0, 0.05) is 10.2 Å². The first-order chi connectivity index (χ1) is 9.11. The zero-order valence-corrected chi connectivity index (χ0v) is 12.4. The van der Waals surface area contributed by atoms with Crippen molar-refractivity contribution in [1.82, 2.24) is 9.97 Å². The number of halogens is 1. The third-order valence-electron chi connectivity index (χ3n) is 2.56. The predicted octanol–water partition coefficient (Wildman–Crippen LogP) is 3.27. The SMILES string of the molecule is CCOc1ncnc(Nc2ccc(C)c(Br)c2)c1N. The zero-order valence-electron chi connectivity index (χ0n) is 10.8. The molecule has 0 radical (unpaired) electrons. The quantitative estimate of drug-likeness (QED) is 0.903. The smallest absolute Gasteiger partial charge is 0.242 e. The lowest BCUT2D eigenvalue weighted by Crippen LogP contribution is -2.05. The van der Waals surface area contributed by atoms with Gasteiger partial charge in [0.2, 0.25) is 5.88 Å². The summed E-state index contributed by atoms with van der Waals surface area (Å²) in [6, 6.07) is 5.94. The van der Waals surface area contributed by atoms with E-state index in [-0.39, 0.29) is 0 Å². The summed E-state index contributed by atoms with van der Waals surface area (Å²) < 4.78 is 6.36. The summed E-state index contributed by atoms with van der Waals surface area (Å²) in [6.45, 7) is 4.42. The summed E-state index contributed by atoms with van der Waals surface area (Å²) in [6.07, 6.45) is 1.42. The summed E-state index contributed by atoms with van der Waals surface area (Å²) in [7, 11) is 0. The zero-order chi connectivity index (χ0) is 13.8. The van der Waals surface area contributed by atoms with Crippen LogP contribution in [0.5, 0.6) is 5.88 Å². The molecule has 0 fully saturated rings. The van der Waals surface area contributed by atoms with Crippen LogP contribution in [0.25, 0.3) is 0 Å². The van der Waals surface area contributed by atoms with Crippen LogP contribution < -0.4 is 15.8 Å². The van der Waals surface area contributed by atoms with E-state index in [1.807, 2.05) is 32.0 Å². The average Bonchev–Trinajstić information content (AvgIpc) is 2.39. The number of nitrogens with two attached hydrogens (primary N) is 1. The minimum Gasteiger partial charge on any atom is -0.476 e. The minimum atomic E-state index is 0.395. The van der Waals surface area contributed by atoms with Crippen LogP contribution in [0.15, 0.2) is 29.0 Å². The second kappa shape index (κ2) is 5.88. The highest BCUT2D eigenvalue weighted by molar-refractivity contribution is 9.10. The molecule has 0 bridgehead atoms. The number of hydrogen-bond donors (Lipinski definition) is 2. The Morgan fingerprint density at radius 2 is 2.16 bits per heavy atom. The molecule has 0 aliphatic heterocycles. The average molecular weight is 323 g/mol. The Morgan fingerprint density at radius 3 is 2.84 bits per heavy atom. The molecule has 1 aromatic carbocycles. The molecule has 19 heavy (non-hydrogen) atoms. The Bertz CT molecular complexity index is 589. The molecule has 0 aliphatic carbocycles. The van der Waals surface area contributed by atoms with Gasteiger partial charge < -0.3 is 15.8 Å². The topological polar surface area (TPSA) is 73.1 Å². The van der Waals surface area contributed by atoms with E-state index in [1.165, 1.54) is 6.33 Å². The Labute approximate surface area is 120 Å². The molecule has 1 heterocycles. The second-order valence-corrected chi connectivity index (χ2v) is 4.82. The molecule has 3 N–H and O–H groups in total. The summed E-state index contributed by atoms with van der Waals surface area (Å²) in [4.78, 5) is 8.12. The lowest BCUT2D eigenvalue weighted by Gasteiger charge is -2.11. The van der Waals surface area contributed by atoms with Crippen LogP contribution in [-0.4, -0.2) is 16.6 Å². The van der Waals surface area contributed by atoms with Crippen LogP contribution in [0, 0.1) is 6.92 Å². The fourth-order valence-corrected chi connectivity index (χ4v) is 1.92. The molecule has 5 nitrogen and oxygen atoms in total. The Hall–Kier alpha value is -1.82. The number of nitrogens with zero attached hydrogens (tertiary/aromatic N) is 2. The Kier molecular flexibility index (Phi) is 4.21. The molecule has 0 atom stereocenters. The van der Waals surface area contributed by atoms with Crippen LogP contribution in [0.2, 0.25) is 0 Å². The van der Waals surface area contributed by atoms with Crippen LogP contribution >= 0.6 is 15.9 Å². The Balaban J connectivity index is 2.27. The van der Waals surface area contributed by atoms with Gasteiger partial charge in [0.25, 0.3) is 0 Å². The molecule has 0 aliphatic rings. The summed E-state index contributed by atoms with van der Waals surface area (Å²) >= 11 is 3.49. The molecule has 0 amide bonds. The van der Waals surface area contributed by atoms with Crippen molar-refractivity contribution in [2.24, 2.45) is 0 Å². The number of benzene rings is 1. The van der Waals surface area contributed by atoms with Gasteiger partial charge in [0.05, 0.1) is 6.61 Å². The number of aryl methyl sites for hydroxylation is 1. The van der Waals surface area contributed by atoms with Crippen molar-refractivity contribution >= 4 is 33.1 Å². The van der Waals surface area contributed by atoms with Crippen molar-refractivity contribution < 1.29 is 4.74 Å². The van der Waals surface area contributed by atoms with E-state index in [4.69, 9.17) is 10.5 Å². The second-order valence-electron chi connectivity index (χ2n) is 3.96. The van der Waals surface area contributed by atoms with Gasteiger partial charge in [-0.25, -0.2) is 4.98 Å². The van der Waals surface area contributed by atoms with Gasteiger partial charge in [-0.2, -0.15) is 4.98 Å². The molecule has 1 aromatic heterocycles. The number of rotatable bonds is 4. The molecular weight excluding hydrogens is 308 g/mol. The number of nitrogen functional groups attached to an aromatic ring is 1. The van der Waals surface area contributed by atoms with Gasteiger partial charge in [-0.05, 0) is 31.5 Å². The predicted molar refractivity (Wildman–Crippen MR) is 79.8 cm³/mol. The van der Waals surface area contributed by atoms with Crippen molar-refractivity contribution in [3.63, 3.8) is 0 Å². The van der Waals surface area contributed by atoms with E-state index in [2.05, 4.69) is 31.2 Å². The highest BCUT2D eigenvalue weighted by Crippen LogP contribution is 2.29. The fourth-order valence-electron chi connectivity index (χ4n) is 1.54. The summed E-state index contributed by atoms with van der Waals surface area (Å²) in [5, 5.41) is 3.15. The van der Waals surface area contributed by atoms with E-state index in [1.54, 1.807) is 0 Å². The molecule has 0 saturated carbocycles. The lowest BCUT2D eigenvalue weighted by atomic mass is 10.2. The van der Waals surface area contributed by atoms with Crippen molar-refractivity contribution in [2.45, 2.75) is 13.8 Å². The first-order valence-corrected chi connectivity index (χ1v) is 6.67.